The summed E-state index contributed by atoms with van der Waals surface area (Å²) in [5.41, 5.74) is 5.38. The fourth-order valence-electron chi connectivity index (χ4n) is 2.10. The Balaban J connectivity index is 2.11. The average molecular weight is 360 g/mol. The molecule has 110 valence electrons. The Hall–Kier alpha value is -2.03. The van der Waals surface area contributed by atoms with E-state index in [1.165, 1.54) is 4.68 Å². The van der Waals surface area contributed by atoms with E-state index in [1.807, 2.05) is 6.07 Å². The summed E-state index contributed by atoms with van der Waals surface area (Å²) in [7, 11) is 0. The highest BCUT2D eigenvalue weighted by Gasteiger charge is 2.38. The van der Waals surface area contributed by atoms with Gasteiger partial charge in [-0.2, -0.15) is 23.4 Å². The summed E-state index contributed by atoms with van der Waals surface area (Å²) < 4.78 is 41.1. The number of aromatic amines is 1. The third-order valence-electron chi connectivity index (χ3n) is 2.97. The van der Waals surface area contributed by atoms with E-state index in [4.69, 9.17) is 5.73 Å². The summed E-state index contributed by atoms with van der Waals surface area (Å²) in [5, 5.41) is 9.60. The van der Waals surface area contributed by atoms with Gasteiger partial charge in [0.15, 0.2) is 11.3 Å². The second-order valence-electron chi connectivity index (χ2n) is 4.47. The third kappa shape index (κ3) is 2.48. The minimum atomic E-state index is -4.58. The summed E-state index contributed by atoms with van der Waals surface area (Å²) >= 11 is 3.31. The lowest BCUT2D eigenvalue weighted by molar-refractivity contribution is -0.140. The van der Waals surface area contributed by atoms with Crippen molar-refractivity contribution >= 4 is 32.8 Å². The zero-order valence-corrected chi connectivity index (χ0v) is 12.0. The topological polar surface area (TPSA) is 72.5 Å². The van der Waals surface area contributed by atoms with E-state index >= 15 is 0 Å². The van der Waals surface area contributed by atoms with Crippen LogP contribution in [0.3, 0.4) is 0 Å². The molecule has 3 N–H and O–H groups in total. The molecule has 5 nitrogen and oxygen atoms in total. The number of halogens is 4. The van der Waals surface area contributed by atoms with Crippen LogP contribution in [0.2, 0.25) is 0 Å². The van der Waals surface area contributed by atoms with E-state index in [9.17, 15) is 13.2 Å². The van der Waals surface area contributed by atoms with Gasteiger partial charge in [0.05, 0.1) is 11.9 Å². The number of nitrogen functional groups attached to an aromatic ring is 1. The Labute approximate surface area is 125 Å². The van der Waals surface area contributed by atoms with E-state index in [0.717, 1.165) is 10.0 Å². The van der Waals surface area contributed by atoms with Gasteiger partial charge in [0.1, 0.15) is 5.82 Å². The Morgan fingerprint density at radius 1 is 1.33 bits per heavy atom. The molecule has 3 rings (SSSR count). The highest BCUT2D eigenvalue weighted by molar-refractivity contribution is 9.10. The fraction of sp³-hybridized carbons (Fsp3) is 0.167. The Morgan fingerprint density at radius 2 is 2.10 bits per heavy atom. The first-order valence-corrected chi connectivity index (χ1v) is 6.67. The predicted octanol–water partition coefficient (Wildman–Crippen LogP) is 3.17. The summed E-state index contributed by atoms with van der Waals surface area (Å²) in [6.07, 6.45) is -4.58. The molecule has 0 radical (unpaired) electrons. The number of aromatic nitrogens is 4. The molecule has 0 spiro atoms. The number of rotatable bonds is 2. The molecule has 3 aromatic rings. The first-order chi connectivity index (χ1) is 9.86. The van der Waals surface area contributed by atoms with Crippen molar-refractivity contribution in [2.75, 3.05) is 5.73 Å². The van der Waals surface area contributed by atoms with Crippen molar-refractivity contribution in [3.8, 4) is 0 Å². The lowest BCUT2D eigenvalue weighted by atomic mass is 10.2. The van der Waals surface area contributed by atoms with Gasteiger partial charge >= 0.3 is 6.18 Å². The van der Waals surface area contributed by atoms with Crippen LogP contribution in [0.15, 0.2) is 28.7 Å². The highest BCUT2D eigenvalue weighted by Crippen LogP contribution is 2.35. The molecule has 0 aliphatic carbocycles. The van der Waals surface area contributed by atoms with Crippen molar-refractivity contribution in [2.24, 2.45) is 0 Å². The fourth-order valence-corrected chi connectivity index (χ4v) is 2.55. The molecule has 0 fully saturated rings. The second-order valence-corrected chi connectivity index (χ2v) is 5.39. The minimum absolute atomic E-state index is 0.0831. The van der Waals surface area contributed by atoms with Gasteiger partial charge in [-0.05, 0) is 17.7 Å². The Bertz CT molecular complexity index is 805. The quantitative estimate of drug-likeness (QED) is 0.737. The lowest BCUT2D eigenvalue weighted by Gasteiger charge is -2.04. The van der Waals surface area contributed by atoms with Crippen molar-refractivity contribution in [2.45, 2.75) is 12.7 Å². The van der Waals surface area contributed by atoms with Crippen LogP contribution in [0.25, 0.3) is 11.0 Å². The van der Waals surface area contributed by atoms with E-state index < -0.39 is 11.9 Å². The molecule has 0 saturated heterocycles. The standard InChI is InChI=1S/C12H9BrF3N5/c13-7-3-1-2-6(4-7)5-21-11-8(10(17)18-19-11)9(20-21)12(14,15)16/h1-4H,5H2,(H3,17,18,19). The number of H-pyrrole nitrogens is 1. The molecule has 1 aromatic carbocycles. The van der Waals surface area contributed by atoms with E-state index in [1.54, 1.807) is 18.2 Å². The van der Waals surface area contributed by atoms with Crippen LogP contribution in [-0.2, 0) is 12.7 Å². The molecule has 0 aliphatic rings. The molecular weight excluding hydrogens is 351 g/mol. The number of benzene rings is 1. The van der Waals surface area contributed by atoms with Crippen LogP contribution in [0.5, 0.6) is 0 Å². The van der Waals surface area contributed by atoms with E-state index in [2.05, 4.69) is 31.2 Å². The summed E-state index contributed by atoms with van der Waals surface area (Å²) in [4.78, 5) is 0. The molecule has 0 unspecified atom stereocenters. The maximum absolute atomic E-state index is 13.0. The van der Waals surface area contributed by atoms with Gasteiger partial charge in [-0.1, -0.05) is 28.1 Å². The number of nitrogens with one attached hydrogen (secondary N) is 1. The van der Waals surface area contributed by atoms with E-state index in [0.29, 0.717) is 0 Å². The van der Waals surface area contributed by atoms with E-state index in [-0.39, 0.29) is 23.4 Å². The molecule has 0 saturated carbocycles. The zero-order valence-electron chi connectivity index (χ0n) is 10.4. The predicted molar refractivity (Wildman–Crippen MR) is 74.5 cm³/mol. The lowest BCUT2D eigenvalue weighted by Crippen LogP contribution is -2.10. The van der Waals surface area contributed by atoms with Crippen LogP contribution in [-0.4, -0.2) is 20.0 Å². The van der Waals surface area contributed by atoms with Crippen LogP contribution in [0.1, 0.15) is 11.3 Å². The molecule has 0 atom stereocenters. The van der Waals surface area contributed by atoms with Crippen LogP contribution in [0.4, 0.5) is 19.0 Å². The first-order valence-electron chi connectivity index (χ1n) is 5.88. The number of nitrogens with zero attached hydrogens (tertiary/aromatic N) is 3. The molecule has 21 heavy (non-hydrogen) atoms. The zero-order chi connectivity index (χ0) is 15.2. The van der Waals surface area contributed by atoms with Crippen molar-refractivity contribution in [3.05, 3.63) is 40.0 Å². The average Bonchev–Trinajstić information content (AvgIpc) is 2.91. The maximum atomic E-state index is 13.0. The molecule has 0 aliphatic heterocycles. The maximum Gasteiger partial charge on any atom is 0.435 e. The van der Waals surface area contributed by atoms with Gasteiger partial charge in [0.2, 0.25) is 0 Å². The van der Waals surface area contributed by atoms with Gasteiger partial charge in [-0.25, -0.2) is 4.68 Å². The second kappa shape index (κ2) is 4.76. The van der Waals surface area contributed by atoms with Gasteiger partial charge in [0.25, 0.3) is 0 Å². The number of anilines is 1. The van der Waals surface area contributed by atoms with Crippen molar-refractivity contribution < 1.29 is 13.2 Å². The Kier molecular flexibility index (Phi) is 3.16. The number of nitrogens with two attached hydrogens (primary N) is 1. The van der Waals surface area contributed by atoms with Crippen molar-refractivity contribution in [1.82, 2.24) is 20.0 Å². The molecule has 2 aromatic heterocycles. The van der Waals surface area contributed by atoms with Crippen molar-refractivity contribution in [3.63, 3.8) is 0 Å². The number of hydrogen-bond acceptors (Lipinski definition) is 3. The SMILES string of the molecule is Nc1[nH]nc2c1c(C(F)(F)F)nn2Cc1cccc(Br)c1. The number of alkyl halides is 3. The minimum Gasteiger partial charge on any atom is -0.383 e. The van der Waals surface area contributed by atoms with Gasteiger partial charge in [-0.15, -0.1) is 0 Å². The normalized spacial score (nSPS) is 12.2. The first kappa shape index (κ1) is 13.9. The van der Waals surface area contributed by atoms with Crippen LogP contribution < -0.4 is 5.73 Å². The van der Waals surface area contributed by atoms with Crippen LogP contribution >= 0.6 is 15.9 Å². The summed E-state index contributed by atoms with van der Waals surface area (Å²) in [6, 6.07) is 7.22. The van der Waals surface area contributed by atoms with Gasteiger partial charge < -0.3 is 5.73 Å². The summed E-state index contributed by atoms with van der Waals surface area (Å²) in [6.45, 7) is 0.163. The largest absolute Gasteiger partial charge is 0.435 e. The molecule has 2 heterocycles. The number of fused-ring (bicyclic) bond motifs is 1. The summed E-state index contributed by atoms with van der Waals surface area (Å²) in [5.74, 6) is -0.141. The molecule has 0 bridgehead atoms. The molecular formula is C12H9BrF3N5. The van der Waals surface area contributed by atoms with Crippen LogP contribution in [0, 0.1) is 0 Å². The van der Waals surface area contributed by atoms with Gasteiger partial charge in [0, 0.05) is 4.47 Å². The van der Waals surface area contributed by atoms with Crippen molar-refractivity contribution in [1.29, 1.82) is 0 Å². The Morgan fingerprint density at radius 3 is 2.76 bits per heavy atom. The monoisotopic (exact) mass is 359 g/mol. The number of hydrogen-bond donors (Lipinski definition) is 2. The molecule has 0 amide bonds. The van der Waals surface area contributed by atoms with Gasteiger partial charge in [-0.3, -0.25) is 5.10 Å². The smallest absolute Gasteiger partial charge is 0.383 e. The third-order valence-corrected chi connectivity index (χ3v) is 3.46. The molecule has 9 heteroatoms. The highest BCUT2D eigenvalue weighted by atomic mass is 79.9.